The van der Waals surface area contributed by atoms with Gasteiger partial charge in [0.25, 0.3) is 0 Å². The minimum absolute atomic E-state index is 0.159. The fourth-order valence-electron chi connectivity index (χ4n) is 2.16. The first-order valence-corrected chi connectivity index (χ1v) is 5.58. The zero-order chi connectivity index (χ0) is 11.2. The van der Waals surface area contributed by atoms with Crippen molar-refractivity contribution in [2.75, 3.05) is 5.32 Å². The van der Waals surface area contributed by atoms with E-state index < -0.39 is 0 Å². The van der Waals surface area contributed by atoms with Crippen LogP contribution in [0, 0.1) is 5.82 Å². The van der Waals surface area contributed by atoms with Crippen molar-refractivity contribution >= 4 is 17.0 Å². The Balaban J connectivity index is 1.93. The zero-order valence-electron chi connectivity index (χ0n) is 9.18. The Bertz CT molecular complexity index is 528. The molecule has 16 heavy (non-hydrogen) atoms. The minimum atomic E-state index is -0.238. The van der Waals surface area contributed by atoms with Gasteiger partial charge in [-0.15, -0.1) is 0 Å². The van der Waals surface area contributed by atoms with E-state index in [0.717, 1.165) is 17.0 Å². The van der Waals surface area contributed by atoms with Gasteiger partial charge in [0.05, 0.1) is 11.0 Å². The largest absolute Gasteiger partial charge is 0.351 e. The second-order valence-corrected chi connectivity index (χ2v) is 4.79. The molecule has 0 radical (unpaired) electrons. The van der Waals surface area contributed by atoms with Gasteiger partial charge in [0.2, 0.25) is 5.95 Å². The summed E-state index contributed by atoms with van der Waals surface area (Å²) in [5, 5.41) is 3.37. The molecule has 0 amide bonds. The van der Waals surface area contributed by atoms with Gasteiger partial charge in [-0.05, 0) is 44.4 Å². The Morgan fingerprint density at radius 1 is 1.44 bits per heavy atom. The molecule has 1 fully saturated rings. The zero-order valence-corrected chi connectivity index (χ0v) is 9.18. The van der Waals surface area contributed by atoms with Crippen LogP contribution in [0.15, 0.2) is 18.2 Å². The first-order chi connectivity index (χ1) is 7.65. The summed E-state index contributed by atoms with van der Waals surface area (Å²) in [5.74, 6) is 0.500. The van der Waals surface area contributed by atoms with Crippen molar-refractivity contribution in [2.24, 2.45) is 0 Å². The lowest BCUT2D eigenvalue weighted by Gasteiger charge is -2.38. The summed E-state index contributed by atoms with van der Waals surface area (Å²) < 4.78 is 13.0. The van der Waals surface area contributed by atoms with Crippen molar-refractivity contribution in [1.82, 2.24) is 9.97 Å². The molecule has 1 aromatic heterocycles. The van der Waals surface area contributed by atoms with Crippen molar-refractivity contribution in [3.8, 4) is 0 Å². The van der Waals surface area contributed by atoms with Gasteiger partial charge in [0, 0.05) is 5.54 Å². The third-order valence-corrected chi connectivity index (χ3v) is 3.32. The number of imidazole rings is 1. The third kappa shape index (κ3) is 1.54. The van der Waals surface area contributed by atoms with E-state index in [1.807, 2.05) is 0 Å². The van der Waals surface area contributed by atoms with Crippen molar-refractivity contribution in [2.45, 2.75) is 31.7 Å². The van der Waals surface area contributed by atoms with Gasteiger partial charge >= 0.3 is 0 Å². The molecule has 4 heteroatoms. The molecule has 2 N–H and O–H groups in total. The number of aromatic amines is 1. The molecule has 2 aromatic rings. The lowest BCUT2D eigenvalue weighted by molar-refractivity contribution is 0.305. The van der Waals surface area contributed by atoms with E-state index >= 15 is 0 Å². The normalized spacial score (nSPS) is 18.4. The number of aromatic nitrogens is 2. The van der Waals surface area contributed by atoms with Crippen molar-refractivity contribution in [3.63, 3.8) is 0 Å². The summed E-state index contributed by atoms with van der Waals surface area (Å²) >= 11 is 0. The molecule has 0 bridgehead atoms. The maximum absolute atomic E-state index is 13.0. The summed E-state index contributed by atoms with van der Waals surface area (Å²) in [4.78, 5) is 7.49. The molecule has 1 aliphatic carbocycles. The lowest BCUT2D eigenvalue weighted by Crippen LogP contribution is -2.41. The highest BCUT2D eigenvalue weighted by atomic mass is 19.1. The predicted molar refractivity (Wildman–Crippen MR) is 61.9 cm³/mol. The maximum Gasteiger partial charge on any atom is 0.201 e. The van der Waals surface area contributed by atoms with E-state index in [9.17, 15) is 4.39 Å². The van der Waals surface area contributed by atoms with Crippen molar-refractivity contribution < 1.29 is 4.39 Å². The topological polar surface area (TPSA) is 40.7 Å². The first kappa shape index (κ1) is 9.63. The summed E-state index contributed by atoms with van der Waals surface area (Å²) in [5.41, 5.74) is 1.70. The van der Waals surface area contributed by atoms with Crippen molar-refractivity contribution in [3.05, 3.63) is 24.0 Å². The Morgan fingerprint density at radius 3 is 2.94 bits per heavy atom. The van der Waals surface area contributed by atoms with E-state index in [4.69, 9.17) is 0 Å². The molecular weight excluding hydrogens is 205 g/mol. The van der Waals surface area contributed by atoms with Crippen LogP contribution in [0.1, 0.15) is 26.2 Å². The van der Waals surface area contributed by atoms with Gasteiger partial charge < -0.3 is 10.3 Å². The standard InChI is InChI=1S/C12H14FN3/c1-12(5-2-6-12)16-11-14-9-4-3-8(13)7-10(9)15-11/h3-4,7H,2,5-6H2,1H3,(H2,14,15,16). The summed E-state index contributed by atoms with van der Waals surface area (Å²) in [6, 6.07) is 4.59. The van der Waals surface area contributed by atoms with Crippen LogP contribution in [-0.4, -0.2) is 15.5 Å². The monoisotopic (exact) mass is 219 g/mol. The van der Waals surface area contributed by atoms with Gasteiger partial charge in [-0.1, -0.05) is 0 Å². The lowest BCUT2D eigenvalue weighted by atomic mass is 9.79. The molecule has 84 valence electrons. The molecule has 3 nitrogen and oxygen atoms in total. The van der Waals surface area contributed by atoms with Crippen molar-refractivity contribution in [1.29, 1.82) is 0 Å². The van der Waals surface area contributed by atoms with E-state index in [1.165, 1.54) is 31.4 Å². The first-order valence-electron chi connectivity index (χ1n) is 5.58. The summed E-state index contributed by atoms with van der Waals surface area (Å²) in [7, 11) is 0. The summed E-state index contributed by atoms with van der Waals surface area (Å²) in [6.07, 6.45) is 3.59. The number of anilines is 1. The van der Waals surface area contributed by atoms with Crippen LogP contribution in [0.3, 0.4) is 0 Å². The number of H-pyrrole nitrogens is 1. The molecular formula is C12H14FN3. The number of benzene rings is 1. The van der Waals surface area contributed by atoms with Crippen LogP contribution < -0.4 is 5.32 Å². The van der Waals surface area contributed by atoms with E-state index in [-0.39, 0.29) is 11.4 Å². The highest BCUT2D eigenvalue weighted by Crippen LogP contribution is 2.34. The number of nitrogens with one attached hydrogen (secondary N) is 2. The maximum atomic E-state index is 13.0. The Labute approximate surface area is 93.1 Å². The highest BCUT2D eigenvalue weighted by Gasteiger charge is 2.32. The van der Waals surface area contributed by atoms with Gasteiger partial charge in [-0.2, -0.15) is 0 Å². The number of hydrogen-bond donors (Lipinski definition) is 2. The molecule has 1 aromatic carbocycles. The molecule has 1 saturated carbocycles. The van der Waals surface area contributed by atoms with E-state index in [0.29, 0.717) is 0 Å². The fourth-order valence-corrected chi connectivity index (χ4v) is 2.16. The fraction of sp³-hybridized carbons (Fsp3) is 0.417. The van der Waals surface area contributed by atoms with E-state index in [2.05, 4.69) is 22.2 Å². The van der Waals surface area contributed by atoms with Crippen LogP contribution in [0.5, 0.6) is 0 Å². The average Bonchev–Trinajstić information content (AvgIpc) is 2.56. The number of rotatable bonds is 2. The minimum Gasteiger partial charge on any atom is -0.351 e. The van der Waals surface area contributed by atoms with Gasteiger partial charge in [-0.25, -0.2) is 9.37 Å². The van der Waals surface area contributed by atoms with Crippen LogP contribution in [0.2, 0.25) is 0 Å². The van der Waals surface area contributed by atoms with E-state index in [1.54, 1.807) is 6.07 Å². The second kappa shape index (κ2) is 3.20. The molecule has 0 unspecified atom stereocenters. The molecule has 1 aliphatic rings. The van der Waals surface area contributed by atoms with Crippen LogP contribution in [-0.2, 0) is 0 Å². The molecule has 0 spiro atoms. The highest BCUT2D eigenvalue weighted by molar-refractivity contribution is 5.77. The van der Waals surface area contributed by atoms with Crippen LogP contribution >= 0.6 is 0 Å². The second-order valence-electron chi connectivity index (χ2n) is 4.79. The number of nitrogens with zero attached hydrogens (tertiary/aromatic N) is 1. The Kier molecular flexibility index (Phi) is 1.93. The van der Waals surface area contributed by atoms with Gasteiger partial charge in [0.1, 0.15) is 5.82 Å². The van der Waals surface area contributed by atoms with Crippen LogP contribution in [0.25, 0.3) is 11.0 Å². The molecule has 3 rings (SSSR count). The smallest absolute Gasteiger partial charge is 0.201 e. The average molecular weight is 219 g/mol. The molecule has 0 aliphatic heterocycles. The summed E-state index contributed by atoms with van der Waals surface area (Å²) in [6.45, 7) is 2.18. The number of hydrogen-bond acceptors (Lipinski definition) is 2. The molecule has 0 saturated heterocycles. The quantitative estimate of drug-likeness (QED) is 0.815. The molecule has 1 heterocycles. The number of fused-ring (bicyclic) bond motifs is 1. The van der Waals surface area contributed by atoms with Gasteiger partial charge in [-0.3, -0.25) is 0 Å². The third-order valence-electron chi connectivity index (χ3n) is 3.32. The SMILES string of the molecule is CC1(Nc2nc3ccc(F)cc3[nH]2)CCC1. The molecule has 0 atom stereocenters. The van der Waals surface area contributed by atoms with Gasteiger partial charge in [0.15, 0.2) is 0 Å². The Morgan fingerprint density at radius 2 is 2.25 bits per heavy atom. The number of halogens is 1. The predicted octanol–water partition coefficient (Wildman–Crippen LogP) is 3.06. The Hall–Kier alpha value is -1.58. The van der Waals surface area contributed by atoms with Crippen LogP contribution in [0.4, 0.5) is 10.3 Å².